The van der Waals surface area contributed by atoms with E-state index in [1.54, 1.807) is 30.7 Å². The molecule has 1 amide bonds. The van der Waals surface area contributed by atoms with Crippen molar-refractivity contribution in [3.8, 4) is 0 Å². The molecule has 0 radical (unpaired) electrons. The van der Waals surface area contributed by atoms with Gasteiger partial charge in [0, 0.05) is 55.1 Å². The van der Waals surface area contributed by atoms with Gasteiger partial charge in [-0.3, -0.25) is 9.78 Å². The quantitative estimate of drug-likeness (QED) is 0.670. The molecule has 0 unspecified atom stereocenters. The van der Waals surface area contributed by atoms with E-state index in [-0.39, 0.29) is 11.8 Å². The van der Waals surface area contributed by atoms with Crippen LogP contribution in [0, 0.1) is 6.92 Å². The number of hydrogen-bond donors (Lipinski definition) is 1. The number of anilines is 2. The molecule has 4 rings (SSSR count). The van der Waals surface area contributed by atoms with Crippen LogP contribution in [0.3, 0.4) is 0 Å². The Morgan fingerprint density at radius 3 is 3.07 bits per heavy atom. The van der Waals surface area contributed by atoms with Crippen LogP contribution in [0.15, 0.2) is 48.2 Å². The van der Waals surface area contributed by atoms with Crippen LogP contribution >= 0.6 is 11.3 Å². The number of amides is 1. The first kappa shape index (κ1) is 18.2. The summed E-state index contributed by atoms with van der Waals surface area (Å²) in [6.07, 6.45) is 9.50. The van der Waals surface area contributed by atoms with Gasteiger partial charge in [-0.05, 0) is 31.1 Å². The van der Waals surface area contributed by atoms with E-state index in [1.807, 2.05) is 35.4 Å². The van der Waals surface area contributed by atoms with Crippen LogP contribution < -0.4 is 5.32 Å². The Kier molecular flexibility index (Phi) is 5.38. The summed E-state index contributed by atoms with van der Waals surface area (Å²) in [4.78, 5) is 31.7. The molecule has 4 heterocycles. The normalized spacial score (nSPS) is 16.6. The van der Waals surface area contributed by atoms with Gasteiger partial charge in [-0.2, -0.15) is 0 Å². The summed E-state index contributed by atoms with van der Waals surface area (Å²) in [7, 11) is 0. The molecule has 7 nitrogen and oxygen atoms in total. The first-order valence-corrected chi connectivity index (χ1v) is 9.94. The zero-order valence-electron chi connectivity index (χ0n) is 15.4. The van der Waals surface area contributed by atoms with Gasteiger partial charge in [-0.1, -0.05) is 6.07 Å². The number of aryl methyl sites for hydroxylation is 1. The highest BCUT2D eigenvalue weighted by molar-refractivity contribution is 7.13. The third-order valence-electron chi connectivity index (χ3n) is 4.55. The summed E-state index contributed by atoms with van der Waals surface area (Å²) in [6, 6.07) is 5.73. The van der Waals surface area contributed by atoms with Gasteiger partial charge in [0.05, 0.1) is 5.69 Å². The van der Waals surface area contributed by atoms with Crippen LogP contribution in [0.5, 0.6) is 0 Å². The van der Waals surface area contributed by atoms with Crippen molar-refractivity contribution in [1.82, 2.24) is 24.8 Å². The molecule has 0 bridgehead atoms. The average molecular weight is 392 g/mol. The topological polar surface area (TPSA) is 83.9 Å². The zero-order valence-corrected chi connectivity index (χ0v) is 16.3. The Balaban J connectivity index is 1.43. The number of hydrogen-bond acceptors (Lipinski definition) is 7. The van der Waals surface area contributed by atoms with Crippen molar-refractivity contribution in [2.45, 2.75) is 19.3 Å². The van der Waals surface area contributed by atoms with Gasteiger partial charge >= 0.3 is 0 Å². The summed E-state index contributed by atoms with van der Waals surface area (Å²) in [6.45, 7) is 3.26. The monoisotopic (exact) mass is 392 g/mol. The van der Waals surface area contributed by atoms with Crippen LogP contribution in [0.25, 0.3) is 6.08 Å². The van der Waals surface area contributed by atoms with Gasteiger partial charge in [0.2, 0.25) is 5.91 Å². The summed E-state index contributed by atoms with van der Waals surface area (Å²) in [5, 5.41) is 5.93. The van der Waals surface area contributed by atoms with E-state index in [2.05, 4.69) is 25.3 Å². The van der Waals surface area contributed by atoms with Gasteiger partial charge in [-0.25, -0.2) is 15.0 Å². The van der Waals surface area contributed by atoms with Crippen LogP contribution in [0.2, 0.25) is 0 Å². The zero-order chi connectivity index (χ0) is 19.3. The summed E-state index contributed by atoms with van der Waals surface area (Å²) in [5.41, 5.74) is 1.87. The van der Waals surface area contributed by atoms with Crippen molar-refractivity contribution in [2.75, 3.05) is 18.4 Å². The fourth-order valence-electron chi connectivity index (χ4n) is 3.21. The van der Waals surface area contributed by atoms with E-state index < -0.39 is 0 Å². The highest BCUT2D eigenvalue weighted by Crippen LogP contribution is 2.28. The molecular formula is C20H20N6OS. The van der Waals surface area contributed by atoms with Gasteiger partial charge in [0.25, 0.3) is 0 Å². The Labute approximate surface area is 167 Å². The van der Waals surface area contributed by atoms with E-state index in [0.717, 1.165) is 35.2 Å². The molecule has 142 valence electrons. The maximum Gasteiger partial charge on any atom is 0.246 e. The van der Waals surface area contributed by atoms with Crippen molar-refractivity contribution in [3.63, 3.8) is 0 Å². The molecule has 1 aliphatic rings. The van der Waals surface area contributed by atoms with Gasteiger partial charge < -0.3 is 10.2 Å². The molecule has 0 spiro atoms. The second kappa shape index (κ2) is 8.26. The summed E-state index contributed by atoms with van der Waals surface area (Å²) < 4.78 is 0. The molecule has 28 heavy (non-hydrogen) atoms. The van der Waals surface area contributed by atoms with Crippen molar-refractivity contribution in [2.24, 2.45) is 0 Å². The Bertz CT molecular complexity index is 974. The largest absolute Gasteiger partial charge is 0.338 e. The standard InChI is InChI=1S/C20H20N6OS/c1-14-23-17(11-18(24-14)25-20-22-8-10-28-20)16-6-9-26(13-16)19(27)5-4-15-3-2-7-21-12-15/h2-5,7-8,10-12,16H,6,9,13H2,1H3,(H,22,23,24,25)/b5-4+/t16-/m1/s1. The van der Waals surface area contributed by atoms with Crippen molar-refractivity contribution in [3.05, 3.63) is 65.3 Å². The van der Waals surface area contributed by atoms with Crippen molar-refractivity contribution in [1.29, 1.82) is 0 Å². The predicted molar refractivity (Wildman–Crippen MR) is 109 cm³/mol. The van der Waals surface area contributed by atoms with E-state index in [1.165, 1.54) is 11.3 Å². The molecule has 1 saturated heterocycles. The van der Waals surface area contributed by atoms with Gasteiger partial charge in [0.15, 0.2) is 5.13 Å². The first-order chi connectivity index (χ1) is 13.7. The van der Waals surface area contributed by atoms with Crippen molar-refractivity contribution < 1.29 is 4.79 Å². The minimum Gasteiger partial charge on any atom is -0.338 e. The Hall–Kier alpha value is -3.13. The molecule has 1 N–H and O–H groups in total. The highest BCUT2D eigenvalue weighted by Gasteiger charge is 2.27. The number of nitrogens with one attached hydrogen (secondary N) is 1. The third-order valence-corrected chi connectivity index (χ3v) is 5.23. The van der Waals surface area contributed by atoms with E-state index in [4.69, 9.17) is 0 Å². The number of carbonyl (C=O) groups is 1. The second-order valence-electron chi connectivity index (χ2n) is 6.58. The molecule has 0 aromatic carbocycles. The number of carbonyl (C=O) groups excluding carboxylic acids is 1. The SMILES string of the molecule is Cc1nc(Nc2nccs2)cc([C@@H]2CCN(C(=O)/C=C/c3cccnc3)C2)n1. The molecule has 1 aliphatic heterocycles. The maximum absolute atomic E-state index is 12.5. The Morgan fingerprint density at radius 2 is 2.29 bits per heavy atom. The molecular weight excluding hydrogens is 372 g/mol. The minimum atomic E-state index is 0.0123. The molecule has 3 aromatic heterocycles. The lowest BCUT2D eigenvalue weighted by Crippen LogP contribution is -2.26. The summed E-state index contributed by atoms with van der Waals surface area (Å²) in [5.74, 6) is 1.66. The first-order valence-electron chi connectivity index (χ1n) is 9.06. The van der Waals surface area contributed by atoms with Crippen LogP contribution in [0.4, 0.5) is 10.9 Å². The van der Waals surface area contributed by atoms with Crippen LogP contribution in [0.1, 0.15) is 29.4 Å². The number of nitrogens with zero attached hydrogens (tertiary/aromatic N) is 5. The van der Waals surface area contributed by atoms with Gasteiger partial charge in [-0.15, -0.1) is 11.3 Å². The van der Waals surface area contributed by atoms with Crippen LogP contribution in [-0.4, -0.2) is 43.8 Å². The van der Waals surface area contributed by atoms with E-state index in [9.17, 15) is 4.79 Å². The maximum atomic E-state index is 12.5. The van der Waals surface area contributed by atoms with Crippen LogP contribution in [-0.2, 0) is 4.79 Å². The lowest BCUT2D eigenvalue weighted by molar-refractivity contribution is -0.124. The second-order valence-corrected chi connectivity index (χ2v) is 7.47. The predicted octanol–water partition coefficient (Wildman–Crippen LogP) is 3.41. The number of aromatic nitrogens is 4. The molecule has 0 saturated carbocycles. The molecule has 1 fully saturated rings. The lowest BCUT2D eigenvalue weighted by Gasteiger charge is -2.15. The lowest BCUT2D eigenvalue weighted by atomic mass is 10.0. The number of likely N-dealkylation sites (tertiary alicyclic amines) is 1. The molecule has 1 atom stereocenters. The van der Waals surface area contributed by atoms with Gasteiger partial charge in [0.1, 0.15) is 11.6 Å². The number of thiazole rings is 1. The average Bonchev–Trinajstić information content (AvgIpc) is 3.38. The highest BCUT2D eigenvalue weighted by atomic mass is 32.1. The number of pyridine rings is 1. The third kappa shape index (κ3) is 4.40. The fourth-order valence-corrected chi connectivity index (χ4v) is 3.74. The molecule has 0 aliphatic carbocycles. The van der Waals surface area contributed by atoms with Crippen molar-refractivity contribution >= 4 is 34.3 Å². The molecule has 3 aromatic rings. The Morgan fingerprint density at radius 1 is 1.36 bits per heavy atom. The molecule has 8 heteroatoms. The minimum absolute atomic E-state index is 0.0123. The smallest absolute Gasteiger partial charge is 0.246 e. The van der Waals surface area contributed by atoms with E-state index >= 15 is 0 Å². The fraction of sp³-hybridized carbons (Fsp3) is 0.250. The number of rotatable bonds is 5. The summed E-state index contributed by atoms with van der Waals surface area (Å²) >= 11 is 1.52. The van der Waals surface area contributed by atoms with E-state index in [0.29, 0.717) is 12.4 Å².